The molecule has 0 N–H and O–H groups in total. The normalized spacial score (nSPS) is 15.1. The van der Waals surface area contributed by atoms with E-state index in [1.54, 1.807) is 30.0 Å². The molecule has 0 aliphatic carbocycles. The third-order valence-electron chi connectivity index (χ3n) is 5.08. The van der Waals surface area contributed by atoms with Crippen molar-refractivity contribution in [2.75, 3.05) is 6.54 Å². The Balaban J connectivity index is 3.17. The van der Waals surface area contributed by atoms with Crippen LogP contribution in [0.2, 0.25) is 0 Å². The van der Waals surface area contributed by atoms with Crippen LogP contribution in [0.3, 0.4) is 0 Å². The molecule has 1 aromatic carbocycles. The highest BCUT2D eigenvalue weighted by molar-refractivity contribution is 5.97. The average molecular weight is 390 g/mol. The number of benzene rings is 1. The minimum atomic E-state index is -0.844. The zero-order valence-electron chi connectivity index (χ0n) is 18.5. The molecule has 156 valence electrons. The Morgan fingerprint density at radius 1 is 1.07 bits per heavy atom. The number of rotatable bonds is 10. The fourth-order valence-electron chi connectivity index (χ4n) is 3.80. The molecule has 0 saturated heterocycles. The van der Waals surface area contributed by atoms with E-state index in [0.717, 1.165) is 12.0 Å². The Kier molecular flexibility index (Phi) is 9.06. The molecule has 0 spiro atoms. The van der Waals surface area contributed by atoms with Crippen LogP contribution in [-0.4, -0.2) is 28.7 Å². The van der Waals surface area contributed by atoms with Crippen molar-refractivity contribution >= 4 is 17.8 Å². The van der Waals surface area contributed by atoms with Crippen molar-refractivity contribution < 1.29 is 14.0 Å². The number of carbonyl (C=O) groups excluding carboxylic acids is 2. The Labute approximate surface area is 170 Å². The molecular formula is C24H36FNO2. The first kappa shape index (κ1) is 24.1. The van der Waals surface area contributed by atoms with E-state index < -0.39 is 5.54 Å². The first-order chi connectivity index (χ1) is 13.0. The first-order valence-electron chi connectivity index (χ1n) is 10.2. The number of Topliss-reactive ketones (excluding diaryl/α,β-unsaturated/α-hetero) is 1. The van der Waals surface area contributed by atoms with E-state index in [1.807, 2.05) is 6.92 Å². The van der Waals surface area contributed by atoms with Gasteiger partial charge in [-0.15, -0.1) is 0 Å². The standard InChI is InChI=1S/C24H36FNO2/c1-17(2)14-19(5)16-26(24(7,20(6)27)15-18(3)4)23(28)13-10-21-8-11-22(25)12-9-21/h8-13,17-19H,14-16H2,1-7H3. The zero-order valence-corrected chi connectivity index (χ0v) is 18.5. The minimum Gasteiger partial charge on any atom is -0.326 e. The lowest BCUT2D eigenvalue weighted by Crippen LogP contribution is -2.56. The monoisotopic (exact) mass is 389 g/mol. The number of halogens is 1. The van der Waals surface area contributed by atoms with Gasteiger partial charge in [-0.1, -0.05) is 46.8 Å². The van der Waals surface area contributed by atoms with Crippen molar-refractivity contribution in [3.8, 4) is 0 Å². The quantitative estimate of drug-likeness (QED) is 0.478. The molecule has 0 aliphatic heterocycles. The van der Waals surface area contributed by atoms with Gasteiger partial charge < -0.3 is 4.90 Å². The zero-order chi connectivity index (χ0) is 21.5. The molecule has 0 bridgehead atoms. The van der Waals surface area contributed by atoms with Crippen molar-refractivity contribution in [3.05, 3.63) is 41.7 Å². The number of hydrogen-bond donors (Lipinski definition) is 0. The van der Waals surface area contributed by atoms with E-state index in [0.29, 0.717) is 18.9 Å². The second kappa shape index (κ2) is 10.5. The van der Waals surface area contributed by atoms with Gasteiger partial charge in [-0.2, -0.15) is 0 Å². The largest absolute Gasteiger partial charge is 0.326 e. The first-order valence-corrected chi connectivity index (χ1v) is 10.2. The maximum absolute atomic E-state index is 13.2. The fourth-order valence-corrected chi connectivity index (χ4v) is 3.80. The van der Waals surface area contributed by atoms with Crippen molar-refractivity contribution in [2.45, 2.75) is 66.8 Å². The molecule has 0 saturated carbocycles. The summed E-state index contributed by atoms with van der Waals surface area (Å²) >= 11 is 0. The van der Waals surface area contributed by atoms with Gasteiger partial charge in [0.2, 0.25) is 5.91 Å². The lowest BCUT2D eigenvalue weighted by Gasteiger charge is -2.42. The molecule has 2 atom stereocenters. The summed E-state index contributed by atoms with van der Waals surface area (Å²) < 4.78 is 13.1. The summed E-state index contributed by atoms with van der Waals surface area (Å²) in [6.45, 7) is 14.6. The Hall–Kier alpha value is -1.97. The smallest absolute Gasteiger partial charge is 0.247 e. The number of amides is 1. The molecule has 1 rings (SSSR count). The lowest BCUT2D eigenvalue weighted by molar-refractivity contribution is -0.143. The van der Waals surface area contributed by atoms with Gasteiger partial charge in [0.1, 0.15) is 5.82 Å². The van der Waals surface area contributed by atoms with Crippen molar-refractivity contribution in [2.24, 2.45) is 17.8 Å². The van der Waals surface area contributed by atoms with Crippen LogP contribution in [0.25, 0.3) is 6.08 Å². The van der Waals surface area contributed by atoms with Gasteiger partial charge in [0.25, 0.3) is 0 Å². The van der Waals surface area contributed by atoms with Gasteiger partial charge in [0, 0.05) is 12.6 Å². The summed E-state index contributed by atoms with van der Waals surface area (Å²) in [5.41, 5.74) is -0.0952. The van der Waals surface area contributed by atoms with Crippen LogP contribution < -0.4 is 0 Å². The van der Waals surface area contributed by atoms with Gasteiger partial charge in [0.15, 0.2) is 5.78 Å². The molecule has 0 heterocycles. The molecule has 0 aromatic heterocycles. The second-order valence-corrected chi connectivity index (χ2v) is 9.00. The van der Waals surface area contributed by atoms with Gasteiger partial charge in [0.05, 0.1) is 5.54 Å². The SMILES string of the molecule is CC(=O)C(C)(CC(C)C)N(CC(C)CC(C)C)C(=O)C=Cc1ccc(F)cc1. The third kappa shape index (κ3) is 7.21. The minimum absolute atomic E-state index is 0.00137. The van der Waals surface area contributed by atoms with Crippen LogP contribution in [0, 0.1) is 23.6 Å². The molecule has 0 fully saturated rings. The van der Waals surface area contributed by atoms with Gasteiger partial charge in [-0.05, 0) is 68.2 Å². The van der Waals surface area contributed by atoms with E-state index in [-0.39, 0.29) is 29.3 Å². The maximum Gasteiger partial charge on any atom is 0.247 e. The predicted molar refractivity (Wildman–Crippen MR) is 114 cm³/mol. The van der Waals surface area contributed by atoms with Gasteiger partial charge in [-0.25, -0.2) is 4.39 Å². The van der Waals surface area contributed by atoms with Gasteiger partial charge in [-0.3, -0.25) is 9.59 Å². The topological polar surface area (TPSA) is 37.4 Å². The van der Waals surface area contributed by atoms with E-state index in [4.69, 9.17) is 0 Å². The summed E-state index contributed by atoms with van der Waals surface area (Å²) in [6.07, 6.45) is 4.78. The number of hydrogen-bond acceptors (Lipinski definition) is 2. The van der Waals surface area contributed by atoms with E-state index in [2.05, 4.69) is 34.6 Å². The summed E-state index contributed by atoms with van der Waals surface area (Å²) in [7, 11) is 0. The highest BCUT2D eigenvalue weighted by atomic mass is 19.1. The molecule has 0 aliphatic rings. The lowest BCUT2D eigenvalue weighted by atomic mass is 9.84. The van der Waals surface area contributed by atoms with Crippen LogP contribution in [0.1, 0.15) is 66.9 Å². The number of nitrogens with zero attached hydrogens (tertiary/aromatic N) is 1. The van der Waals surface area contributed by atoms with Crippen molar-refractivity contribution in [1.29, 1.82) is 0 Å². The molecule has 2 unspecified atom stereocenters. The van der Waals surface area contributed by atoms with E-state index in [1.165, 1.54) is 18.2 Å². The third-order valence-corrected chi connectivity index (χ3v) is 5.08. The highest BCUT2D eigenvalue weighted by Gasteiger charge is 2.39. The van der Waals surface area contributed by atoms with Gasteiger partial charge >= 0.3 is 0 Å². The Morgan fingerprint density at radius 2 is 1.64 bits per heavy atom. The molecule has 0 radical (unpaired) electrons. The summed E-state index contributed by atoms with van der Waals surface area (Å²) in [5, 5.41) is 0. The number of carbonyl (C=O) groups is 2. The summed E-state index contributed by atoms with van der Waals surface area (Å²) in [4.78, 5) is 27.5. The average Bonchev–Trinajstić information content (AvgIpc) is 2.57. The van der Waals surface area contributed by atoms with E-state index >= 15 is 0 Å². The van der Waals surface area contributed by atoms with Crippen LogP contribution in [0.4, 0.5) is 4.39 Å². The fraction of sp³-hybridized carbons (Fsp3) is 0.583. The van der Waals surface area contributed by atoms with Crippen LogP contribution >= 0.6 is 0 Å². The molecule has 4 heteroatoms. The Bertz CT molecular complexity index is 678. The van der Waals surface area contributed by atoms with Crippen LogP contribution in [-0.2, 0) is 9.59 Å². The molecule has 1 aromatic rings. The predicted octanol–water partition coefficient (Wildman–Crippen LogP) is 5.74. The molecule has 1 amide bonds. The summed E-state index contributed by atoms with van der Waals surface area (Å²) in [6, 6.07) is 5.99. The maximum atomic E-state index is 13.2. The molecule has 3 nitrogen and oxygen atoms in total. The number of ketones is 1. The van der Waals surface area contributed by atoms with Crippen molar-refractivity contribution in [1.82, 2.24) is 4.90 Å². The van der Waals surface area contributed by atoms with E-state index in [9.17, 15) is 14.0 Å². The van der Waals surface area contributed by atoms with Crippen LogP contribution in [0.5, 0.6) is 0 Å². The molecular weight excluding hydrogens is 353 g/mol. The highest BCUT2D eigenvalue weighted by Crippen LogP contribution is 2.28. The summed E-state index contributed by atoms with van der Waals surface area (Å²) in [5.74, 6) is 0.601. The molecule has 28 heavy (non-hydrogen) atoms. The Morgan fingerprint density at radius 3 is 2.11 bits per heavy atom. The van der Waals surface area contributed by atoms with Crippen LogP contribution in [0.15, 0.2) is 30.3 Å². The second-order valence-electron chi connectivity index (χ2n) is 9.00. The van der Waals surface area contributed by atoms with Crippen molar-refractivity contribution in [3.63, 3.8) is 0 Å².